The van der Waals surface area contributed by atoms with Crippen LogP contribution in [-0.2, 0) is 4.74 Å². The van der Waals surface area contributed by atoms with Crippen molar-refractivity contribution in [3.05, 3.63) is 22.7 Å². The molecule has 2 aromatic heterocycles. The molecule has 0 aliphatic carbocycles. The Bertz CT molecular complexity index is 510. The topological polar surface area (TPSA) is 31.2 Å². The molecule has 0 aliphatic rings. The van der Waals surface area contributed by atoms with Crippen LogP contribution in [0.5, 0.6) is 0 Å². The van der Waals surface area contributed by atoms with Crippen molar-refractivity contribution >= 4 is 27.6 Å². The van der Waals surface area contributed by atoms with E-state index in [0.29, 0.717) is 6.61 Å². The average Bonchev–Trinajstić information content (AvgIpc) is 2.70. The highest BCUT2D eigenvalue weighted by molar-refractivity contribution is 7.17. The van der Waals surface area contributed by atoms with E-state index in [9.17, 15) is 4.79 Å². The smallest absolute Gasteiger partial charge is 0.419 e. The third-order valence-electron chi connectivity index (χ3n) is 2.36. The van der Waals surface area contributed by atoms with E-state index in [0.717, 1.165) is 10.4 Å². The van der Waals surface area contributed by atoms with Gasteiger partial charge in [0.25, 0.3) is 0 Å². The van der Waals surface area contributed by atoms with Gasteiger partial charge in [0.1, 0.15) is 4.83 Å². The summed E-state index contributed by atoms with van der Waals surface area (Å²) in [4.78, 5) is 12.6. The maximum atomic E-state index is 11.6. The van der Waals surface area contributed by atoms with Gasteiger partial charge in [-0.05, 0) is 37.3 Å². The first-order chi connectivity index (χ1) is 7.15. The highest BCUT2D eigenvalue weighted by Crippen LogP contribution is 2.30. The Kier molecular flexibility index (Phi) is 2.52. The van der Waals surface area contributed by atoms with Gasteiger partial charge in [0.2, 0.25) is 0 Å². The van der Waals surface area contributed by atoms with Crippen molar-refractivity contribution in [2.45, 2.75) is 20.8 Å². The maximum absolute atomic E-state index is 11.6. The molecule has 0 atom stereocenters. The summed E-state index contributed by atoms with van der Waals surface area (Å²) in [6.45, 7) is 6.28. The molecule has 0 aromatic carbocycles. The van der Waals surface area contributed by atoms with Gasteiger partial charge in [-0.15, -0.1) is 11.3 Å². The molecule has 0 amide bonds. The van der Waals surface area contributed by atoms with Crippen LogP contribution in [0, 0.1) is 13.8 Å². The number of nitrogens with zero attached hydrogens (tertiary/aromatic N) is 1. The average molecular weight is 223 g/mol. The number of thiophene rings is 1. The van der Waals surface area contributed by atoms with Crippen molar-refractivity contribution in [2.24, 2.45) is 0 Å². The summed E-state index contributed by atoms with van der Waals surface area (Å²) in [6, 6.07) is 0. The highest BCUT2D eigenvalue weighted by atomic mass is 32.1. The van der Waals surface area contributed by atoms with Gasteiger partial charge in [0.05, 0.1) is 6.61 Å². The van der Waals surface area contributed by atoms with Crippen LogP contribution in [0.2, 0.25) is 0 Å². The molecule has 15 heavy (non-hydrogen) atoms. The van der Waals surface area contributed by atoms with Crippen molar-refractivity contribution in [3.8, 4) is 0 Å². The van der Waals surface area contributed by atoms with Gasteiger partial charge in [-0.25, -0.2) is 9.36 Å². The second-order valence-corrected chi connectivity index (χ2v) is 4.34. The summed E-state index contributed by atoms with van der Waals surface area (Å²) in [5.41, 5.74) is 2.34. The van der Waals surface area contributed by atoms with E-state index >= 15 is 0 Å². The number of carbonyl (C=O) groups is 1. The van der Waals surface area contributed by atoms with Crippen LogP contribution in [0.4, 0.5) is 4.79 Å². The molecule has 4 heteroatoms. The van der Waals surface area contributed by atoms with Crippen molar-refractivity contribution in [1.29, 1.82) is 0 Å². The van der Waals surface area contributed by atoms with E-state index in [-0.39, 0.29) is 6.09 Å². The summed E-state index contributed by atoms with van der Waals surface area (Å²) in [5, 5.41) is 3.24. The molecular weight excluding hydrogens is 210 g/mol. The van der Waals surface area contributed by atoms with Gasteiger partial charge in [-0.3, -0.25) is 0 Å². The molecule has 0 bridgehead atoms. The van der Waals surface area contributed by atoms with Crippen LogP contribution in [0.3, 0.4) is 0 Å². The van der Waals surface area contributed by atoms with E-state index in [1.165, 1.54) is 10.9 Å². The van der Waals surface area contributed by atoms with E-state index in [2.05, 4.69) is 12.3 Å². The Balaban J connectivity index is 2.57. The summed E-state index contributed by atoms with van der Waals surface area (Å²) < 4.78 is 6.58. The van der Waals surface area contributed by atoms with E-state index in [4.69, 9.17) is 4.74 Å². The Hall–Kier alpha value is -1.29. The fourth-order valence-electron chi connectivity index (χ4n) is 1.73. The lowest BCUT2D eigenvalue weighted by atomic mass is 10.2. The molecule has 0 saturated heterocycles. The minimum absolute atomic E-state index is 0.294. The second kappa shape index (κ2) is 3.70. The number of ether oxygens (including phenoxy) is 1. The van der Waals surface area contributed by atoms with Gasteiger partial charge in [0.15, 0.2) is 0 Å². The minimum atomic E-state index is -0.294. The number of rotatable bonds is 1. The lowest BCUT2D eigenvalue weighted by Gasteiger charge is -2.01. The first-order valence-electron chi connectivity index (χ1n) is 4.88. The molecule has 3 nitrogen and oxygen atoms in total. The normalized spacial score (nSPS) is 10.9. The van der Waals surface area contributed by atoms with Crippen LogP contribution in [-0.4, -0.2) is 17.3 Å². The molecule has 0 aliphatic heterocycles. The van der Waals surface area contributed by atoms with Crippen LogP contribution >= 0.6 is 11.3 Å². The first-order valence-corrected chi connectivity index (χ1v) is 5.76. The van der Waals surface area contributed by atoms with Gasteiger partial charge < -0.3 is 4.74 Å². The summed E-state index contributed by atoms with van der Waals surface area (Å²) >= 11 is 1.58. The maximum Gasteiger partial charge on any atom is 0.419 e. The quantitative estimate of drug-likeness (QED) is 0.742. The highest BCUT2D eigenvalue weighted by Gasteiger charge is 2.15. The molecule has 0 unspecified atom stereocenters. The molecule has 80 valence electrons. The first kappa shape index (κ1) is 10.2. The van der Waals surface area contributed by atoms with E-state index < -0.39 is 0 Å². The van der Waals surface area contributed by atoms with Crippen molar-refractivity contribution in [2.75, 3.05) is 6.61 Å². The number of fused-ring (bicyclic) bond motifs is 1. The minimum Gasteiger partial charge on any atom is -0.449 e. The monoisotopic (exact) mass is 223 g/mol. The Morgan fingerprint density at radius 3 is 2.87 bits per heavy atom. The second-order valence-electron chi connectivity index (χ2n) is 3.48. The number of hydrogen-bond donors (Lipinski definition) is 0. The predicted molar refractivity (Wildman–Crippen MR) is 61.7 cm³/mol. The molecule has 2 aromatic rings. The molecule has 0 spiro atoms. The van der Waals surface area contributed by atoms with Crippen molar-refractivity contribution < 1.29 is 9.53 Å². The van der Waals surface area contributed by atoms with Gasteiger partial charge >= 0.3 is 6.09 Å². The standard InChI is InChI=1S/C11H13NO2S/c1-4-14-11(13)12-5-7(2)9-8(3)6-15-10(9)12/h5-6H,4H2,1-3H3. The van der Waals surface area contributed by atoms with Crippen LogP contribution < -0.4 is 0 Å². The zero-order valence-electron chi connectivity index (χ0n) is 9.03. The van der Waals surface area contributed by atoms with E-state index in [1.54, 1.807) is 15.9 Å². The molecule has 0 fully saturated rings. The summed E-state index contributed by atoms with van der Waals surface area (Å²) in [7, 11) is 0. The summed E-state index contributed by atoms with van der Waals surface area (Å²) in [6.07, 6.45) is 1.55. The zero-order valence-corrected chi connectivity index (χ0v) is 9.85. The largest absolute Gasteiger partial charge is 0.449 e. The molecule has 2 heterocycles. The Morgan fingerprint density at radius 1 is 1.47 bits per heavy atom. The molecule has 2 rings (SSSR count). The third kappa shape index (κ3) is 1.55. The Labute approximate surface area is 92.3 Å². The zero-order chi connectivity index (χ0) is 11.0. The van der Waals surface area contributed by atoms with Crippen LogP contribution in [0.15, 0.2) is 11.6 Å². The van der Waals surface area contributed by atoms with Crippen LogP contribution in [0.1, 0.15) is 18.1 Å². The van der Waals surface area contributed by atoms with Gasteiger partial charge in [-0.1, -0.05) is 0 Å². The lowest BCUT2D eigenvalue weighted by molar-refractivity contribution is 0.155. The third-order valence-corrected chi connectivity index (χ3v) is 3.45. The molecule has 0 radical (unpaired) electrons. The molecule has 0 saturated carbocycles. The SMILES string of the molecule is CCOC(=O)n1cc(C)c2c(C)csc21. The number of hydrogen-bond acceptors (Lipinski definition) is 3. The number of aromatic nitrogens is 1. The fourth-order valence-corrected chi connectivity index (χ4v) is 2.82. The molecular formula is C11H13NO2S. The Morgan fingerprint density at radius 2 is 2.20 bits per heavy atom. The number of carbonyl (C=O) groups excluding carboxylic acids is 1. The number of aryl methyl sites for hydroxylation is 2. The fraction of sp³-hybridized carbons (Fsp3) is 0.364. The van der Waals surface area contributed by atoms with Crippen molar-refractivity contribution in [1.82, 2.24) is 4.57 Å². The van der Waals surface area contributed by atoms with Crippen molar-refractivity contribution in [3.63, 3.8) is 0 Å². The molecule has 0 N–H and O–H groups in total. The predicted octanol–water partition coefficient (Wildman–Crippen LogP) is 3.32. The summed E-state index contributed by atoms with van der Waals surface area (Å²) in [5.74, 6) is 0. The lowest BCUT2D eigenvalue weighted by Crippen LogP contribution is -2.11. The van der Waals surface area contributed by atoms with Crippen LogP contribution in [0.25, 0.3) is 10.2 Å². The van der Waals surface area contributed by atoms with E-state index in [1.807, 2.05) is 20.0 Å². The van der Waals surface area contributed by atoms with Gasteiger partial charge in [-0.2, -0.15) is 0 Å². The van der Waals surface area contributed by atoms with Gasteiger partial charge in [0, 0.05) is 11.6 Å².